The zero-order valence-corrected chi connectivity index (χ0v) is 11.4. The second-order valence-corrected chi connectivity index (χ2v) is 5.75. The molecule has 0 aromatic rings. The van der Waals surface area contributed by atoms with E-state index in [0.717, 1.165) is 24.5 Å². The molecule has 0 rings (SSSR count). The Labute approximate surface area is 105 Å². The molecule has 2 heteroatoms. The molecule has 0 fully saturated rings. The molecule has 0 unspecified atom stereocenters. The number of hydrogen-bond donors (Lipinski definition) is 0. The summed E-state index contributed by atoms with van der Waals surface area (Å²) >= 11 is 0. The Morgan fingerprint density at radius 1 is 0.714 bits per heavy atom. The first kappa shape index (κ1) is 17.1. The Bertz CT molecular complexity index is 103. The minimum atomic E-state index is 0. The van der Waals surface area contributed by atoms with Gasteiger partial charge in [0.1, 0.15) is 6.71 Å². The van der Waals surface area contributed by atoms with E-state index >= 15 is 0 Å². The summed E-state index contributed by atoms with van der Waals surface area (Å²) in [6, 6.07) is 0. The van der Waals surface area contributed by atoms with Crippen molar-refractivity contribution in [3.63, 3.8) is 0 Å². The maximum Gasteiger partial charge on any atom is 1.00 e. The summed E-state index contributed by atoms with van der Waals surface area (Å²) in [5, 5.41) is 0. The van der Waals surface area contributed by atoms with Gasteiger partial charge in [0.25, 0.3) is 0 Å². The first-order chi connectivity index (χ1) is 5.91. The van der Waals surface area contributed by atoms with Gasteiger partial charge < -0.3 is 1.43 Å². The van der Waals surface area contributed by atoms with E-state index in [0.29, 0.717) is 0 Å². The van der Waals surface area contributed by atoms with Crippen molar-refractivity contribution in [2.45, 2.75) is 60.5 Å². The maximum absolute atomic E-state index is 2.34. The van der Waals surface area contributed by atoms with Crippen LogP contribution < -0.4 is 18.9 Å². The first-order valence-corrected chi connectivity index (χ1v) is 5.91. The van der Waals surface area contributed by atoms with Crippen LogP contribution in [0.1, 0.15) is 43.0 Å². The fourth-order valence-electron chi connectivity index (χ4n) is 2.29. The van der Waals surface area contributed by atoms with Gasteiger partial charge in [-0.15, -0.1) is 0 Å². The van der Waals surface area contributed by atoms with Crippen LogP contribution >= 0.6 is 0 Å². The second-order valence-electron chi connectivity index (χ2n) is 5.75. The molecule has 0 radical (unpaired) electrons. The second kappa shape index (κ2) is 8.93. The molecule has 0 aliphatic heterocycles. The van der Waals surface area contributed by atoms with Crippen LogP contribution in [0.3, 0.4) is 0 Å². The molecule has 0 atom stereocenters. The molecular weight excluding hydrogens is 162 g/mol. The quantitative estimate of drug-likeness (QED) is 0.557. The maximum atomic E-state index is 2.34. The predicted octanol–water partition coefficient (Wildman–Crippen LogP) is 1.57. The van der Waals surface area contributed by atoms with Gasteiger partial charge in [0.15, 0.2) is 0 Å². The molecule has 0 N–H and O–H groups in total. The third-order valence-electron chi connectivity index (χ3n) is 2.41. The van der Waals surface area contributed by atoms with Gasteiger partial charge in [-0.2, -0.15) is 0 Å². The van der Waals surface area contributed by atoms with Crippen LogP contribution in [0.2, 0.25) is 19.0 Å². The normalized spacial score (nSPS) is 10.9. The SMILES string of the molecule is CC(C)CB(CC(C)C)CC(C)C.[H-].[Li+]. The Hall–Kier alpha value is 0.662. The van der Waals surface area contributed by atoms with Crippen molar-refractivity contribution >= 4 is 6.71 Å². The molecule has 0 aliphatic rings. The van der Waals surface area contributed by atoms with Gasteiger partial charge >= 0.3 is 18.9 Å². The van der Waals surface area contributed by atoms with Gasteiger partial charge in [-0.1, -0.05) is 78.3 Å². The van der Waals surface area contributed by atoms with Crippen LogP contribution in [0.4, 0.5) is 0 Å². The molecule has 0 bridgehead atoms. The average Bonchev–Trinajstić information content (AvgIpc) is 1.80. The smallest absolute Gasteiger partial charge is 1.00 e. The van der Waals surface area contributed by atoms with Gasteiger partial charge in [0, 0.05) is 0 Å². The fourth-order valence-corrected chi connectivity index (χ4v) is 2.29. The molecule has 0 aliphatic carbocycles. The van der Waals surface area contributed by atoms with Crippen LogP contribution in [0.5, 0.6) is 0 Å². The van der Waals surface area contributed by atoms with E-state index in [4.69, 9.17) is 0 Å². The van der Waals surface area contributed by atoms with Gasteiger partial charge in [-0.05, 0) is 0 Å². The first-order valence-electron chi connectivity index (χ1n) is 5.91. The third-order valence-corrected chi connectivity index (χ3v) is 2.41. The van der Waals surface area contributed by atoms with Crippen molar-refractivity contribution in [1.29, 1.82) is 0 Å². The van der Waals surface area contributed by atoms with E-state index in [1.807, 2.05) is 0 Å². The summed E-state index contributed by atoms with van der Waals surface area (Å²) in [6.07, 6.45) is 4.24. The monoisotopic (exact) mass is 190 g/mol. The Morgan fingerprint density at radius 3 is 1.07 bits per heavy atom. The third kappa shape index (κ3) is 10.7. The zero-order chi connectivity index (χ0) is 10.4. The summed E-state index contributed by atoms with van der Waals surface area (Å²) in [6.45, 7) is 15.0. The molecular formula is C12H28BLi. The molecule has 0 heterocycles. The molecule has 0 aromatic carbocycles. The van der Waals surface area contributed by atoms with Crippen molar-refractivity contribution in [2.24, 2.45) is 17.8 Å². The van der Waals surface area contributed by atoms with Crippen molar-refractivity contribution in [1.82, 2.24) is 0 Å². The van der Waals surface area contributed by atoms with E-state index in [-0.39, 0.29) is 20.3 Å². The van der Waals surface area contributed by atoms with E-state index in [1.165, 1.54) is 19.0 Å². The van der Waals surface area contributed by atoms with Gasteiger partial charge in [0.05, 0.1) is 0 Å². The predicted molar refractivity (Wildman–Crippen MR) is 65.8 cm³/mol. The molecule has 0 saturated carbocycles. The molecule has 14 heavy (non-hydrogen) atoms. The number of rotatable bonds is 6. The molecule has 80 valence electrons. The zero-order valence-electron chi connectivity index (χ0n) is 12.4. The van der Waals surface area contributed by atoms with Crippen LogP contribution in [-0.4, -0.2) is 6.71 Å². The number of hydrogen-bond acceptors (Lipinski definition) is 0. The Kier molecular flexibility index (Phi) is 10.9. The van der Waals surface area contributed by atoms with Crippen LogP contribution in [0.15, 0.2) is 0 Å². The van der Waals surface area contributed by atoms with E-state index < -0.39 is 0 Å². The summed E-state index contributed by atoms with van der Waals surface area (Å²) in [4.78, 5) is 0. The summed E-state index contributed by atoms with van der Waals surface area (Å²) in [5.74, 6) is 2.59. The van der Waals surface area contributed by atoms with Gasteiger partial charge in [-0.3, -0.25) is 0 Å². The Balaban J connectivity index is -0.000000720. The van der Waals surface area contributed by atoms with Crippen molar-refractivity contribution in [3.05, 3.63) is 0 Å². The topological polar surface area (TPSA) is 0 Å². The van der Waals surface area contributed by atoms with Crippen molar-refractivity contribution in [2.75, 3.05) is 0 Å². The summed E-state index contributed by atoms with van der Waals surface area (Å²) < 4.78 is 0. The van der Waals surface area contributed by atoms with Crippen molar-refractivity contribution < 1.29 is 20.3 Å². The average molecular weight is 190 g/mol. The molecule has 0 amide bonds. The fraction of sp³-hybridized carbons (Fsp3) is 1.00. The minimum absolute atomic E-state index is 0. The van der Waals surface area contributed by atoms with Crippen LogP contribution in [0, 0.1) is 17.8 Å². The Morgan fingerprint density at radius 2 is 0.929 bits per heavy atom. The van der Waals surface area contributed by atoms with Gasteiger partial charge in [0.2, 0.25) is 0 Å². The molecule has 0 aromatic heterocycles. The summed E-state index contributed by atoms with van der Waals surface area (Å²) in [7, 11) is 0. The standard InChI is InChI=1S/C12H27B.Li.H/c1-10(2)7-13(8-11(3)4)9-12(5)6;;/h10-12H,7-9H2,1-6H3;;/q;+1;-1. The van der Waals surface area contributed by atoms with Crippen LogP contribution in [0.25, 0.3) is 0 Å². The summed E-state index contributed by atoms with van der Waals surface area (Å²) in [5.41, 5.74) is 0. The van der Waals surface area contributed by atoms with Gasteiger partial charge in [-0.25, -0.2) is 0 Å². The molecule has 0 spiro atoms. The van der Waals surface area contributed by atoms with E-state index in [9.17, 15) is 0 Å². The largest absolute Gasteiger partial charge is 1.00 e. The van der Waals surface area contributed by atoms with E-state index in [2.05, 4.69) is 41.5 Å². The minimum Gasteiger partial charge on any atom is -1.00 e. The molecule has 0 nitrogen and oxygen atoms in total. The molecule has 0 saturated heterocycles. The van der Waals surface area contributed by atoms with Crippen LogP contribution in [-0.2, 0) is 0 Å². The van der Waals surface area contributed by atoms with Crippen molar-refractivity contribution in [3.8, 4) is 0 Å². The van der Waals surface area contributed by atoms with E-state index in [1.54, 1.807) is 0 Å².